The Bertz CT molecular complexity index is 1820. The molecule has 1 aliphatic heterocycles. The van der Waals surface area contributed by atoms with Crippen LogP contribution in [-0.2, 0) is 19.0 Å². The van der Waals surface area contributed by atoms with E-state index in [1.54, 1.807) is 25.0 Å². The third-order valence-corrected chi connectivity index (χ3v) is 10.1. The van der Waals surface area contributed by atoms with Gasteiger partial charge in [-0.15, -0.1) is 0 Å². The van der Waals surface area contributed by atoms with E-state index in [0.29, 0.717) is 46.7 Å². The number of methoxy groups -OCH3 is 2. The third-order valence-electron chi connectivity index (χ3n) is 9.79. The van der Waals surface area contributed by atoms with Gasteiger partial charge in [-0.1, -0.05) is 19.4 Å². The van der Waals surface area contributed by atoms with Crippen molar-refractivity contribution in [1.29, 1.82) is 0 Å². The minimum absolute atomic E-state index is 0.0155. The average Bonchev–Trinajstić information content (AvgIpc) is 3.94. The molecule has 0 bridgehead atoms. The Hall–Kier alpha value is -3.86. The molecule has 10 heteroatoms. The summed E-state index contributed by atoms with van der Waals surface area (Å²) in [6, 6.07) is 12.4. The lowest BCUT2D eigenvalue weighted by Gasteiger charge is -2.39. The monoisotopic (exact) mass is 670 g/mol. The number of fused-ring (bicyclic) bond motifs is 1. The zero-order chi connectivity index (χ0) is 33.9. The van der Waals surface area contributed by atoms with Crippen molar-refractivity contribution in [2.45, 2.75) is 76.6 Å². The van der Waals surface area contributed by atoms with E-state index in [1.807, 2.05) is 36.5 Å². The highest BCUT2D eigenvalue weighted by atomic mass is 32.1. The average molecular weight is 671 g/mol. The number of thiol groups is 1. The summed E-state index contributed by atoms with van der Waals surface area (Å²) in [6.45, 7) is 7.23. The van der Waals surface area contributed by atoms with Crippen LogP contribution in [0.5, 0.6) is 17.2 Å². The van der Waals surface area contributed by atoms with Crippen LogP contribution in [0.2, 0.25) is 0 Å². The minimum Gasteiger partial charge on any atom is -0.496 e. The first kappa shape index (κ1) is 34.0. The number of nitrogens with zero attached hydrogens (tertiary/aromatic N) is 4. The summed E-state index contributed by atoms with van der Waals surface area (Å²) in [4.78, 5) is 34.3. The van der Waals surface area contributed by atoms with E-state index < -0.39 is 0 Å². The van der Waals surface area contributed by atoms with Crippen LogP contribution in [0.4, 0.5) is 0 Å². The van der Waals surface area contributed by atoms with Crippen LogP contribution in [0.1, 0.15) is 72.6 Å². The number of carbonyl (C=O) groups is 1. The van der Waals surface area contributed by atoms with Crippen LogP contribution in [0, 0.1) is 0 Å². The normalized spacial score (nSPS) is 15.8. The summed E-state index contributed by atoms with van der Waals surface area (Å²) >= 11 is 4.41. The largest absolute Gasteiger partial charge is 0.496 e. The maximum absolute atomic E-state index is 13.2. The molecule has 2 aliphatic rings. The Balaban J connectivity index is 1.18. The number of likely N-dealkylation sites (tertiary alicyclic amines) is 1. The molecule has 0 amide bonds. The van der Waals surface area contributed by atoms with Gasteiger partial charge in [0, 0.05) is 67.4 Å². The summed E-state index contributed by atoms with van der Waals surface area (Å²) in [5, 5.41) is 1.45. The molecule has 48 heavy (non-hydrogen) atoms. The molecule has 1 saturated heterocycles. The molecule has 254 valence electrons. The minimum atomic E-state index is -0.105. The van der Waals surface area contributed by atoms with E-state index in [1.165, 1.54) is 0 Å². The van der Waals surface area contributed by atoms with Crippen LogP contribution >= 0.6 is 12.6 Å². The molecule has 1 aliphatic carbocycles. The lowest BCUT2D eigenvalue weighted by Crippen LogP contribution is -2.53. The van der Waals surface area contributed by atoms with Gasteiger partial charge in [-0.3, -0.25) is 24.4 Å². The number of pyridine rings is 2. The molecule has 0 radical (unpaired) electrons. The molecule has 2 aromatic heterocycles. The molecule has 1 unspecified atom stereocenters. The molecule has 0 N–H and O–H groups in total. The zero-order valence-electron chi connectivity index (χ0n) is 28.6. The van der Waals surface area contributed by atoms with Gasteiger partial charge >= 0.3 is 0 Å². The van der Waals surface area contributed by atoms with Gasteiger partial charge in [0.1, 0.15) is 23.4 Å². The number of carbonyl (C=O) groups excluding carboxylic acids is 1. The molecular weight excluding hydrogens is 625 g/mol. The standard InChI is InChI=1S/C38H46N4O5S/c1-6-7-24(2)40(3)17-26-10-11-29(12-28(26)22-43)47-30-18-41(19-30)20-34-36(45-4)13-27(14-37(34)46-5)33-21-42(23-48)38(44)32-16-39-35(15-31(32)33)25-8-9-25/h10-16,21-22,24-25,30,48H,6-9,17-20,23H2,1-5H3. The maximum atomic E-state index is 13.2. The van der Waals surface area contributed by atoms with Crippen molar-refractivity contribution in [2.24, 2.45) is 0 Å². The fourth-order valence-electron chi connectivity index (χ4n) is 6.64. The van der Waals surface area contributed by atoms with Gasteiger partial charge < -0.3 is 18.8 Å². The zero-order valence-corrected chi connectivity index (χ0v) is 29.5. The molecule has 2 fully saturated rings. The van der Waals surface area contributed by atoms with Crippen LogP contribution < -0.4 is 19.8 Å². The lowest BCUT2D eigenvalue weighted by atomic mass is 9.97. The molecule has 0 spiro atoms. The van der Waals surface area contributed by atoms with E-state index in [0.717, 1.165) is 84.9 Å². The van der Waals surface area contributed by atoms with Gasteiger partial charge in [0.2, 0.25) is 0 Å². The summed E-state index contributed by atoms with van der Waals surface area (Å²) in [6.07, 6.45) is 9.03. The highest BCUT2D eigenvalue weighted by Crippen LogP contribution is 2.42. The highest BCUT2D eigenvalue weighted by Gasteiger charge is 2.31. The molecule has 3 heterocycles. The van der Waals surface area contributed by atoms with Crippen molar-refractivity contribution >= 4 is 29.7 Å². The fourth-order valence-corrected chi connectivity index (χ4v) is 6.85. The number of aldehydes is 1. The Morgan fingerprint density at radius 1 is 1.08 bits per heavy atom. The van der Waals surface area contributed by atoms with E-state index in [2.05, 4.69) is 54.4 Å². The fraction of sp³-hybridized carbons (Fsp3) is 0.447. The number of hydrogen-bond donors (Lipinski definition) is 1. The lowest BCUT2D eigenvalue weighted by molar-refractivity contribution is 0.0137. The number of aromatic nitrogens is 2. The molecular formula is C38H46N4O5S. The van der Waals surface area contributed by atoms with Crippen LogP contribution in [0.25, 0.3) is 21.9 Å². The van der Waals surface area contributed by atoms with E-state index in [9.17, 15) is 9.59 Å². The van der Waals surface area contributed by atoms with Gasteiger partial charge in [0.15, 0.2) is 6.29 Å². The van der Waals surface area contributed by atoms with Gasteiger partial charge in [-0.2, -0.15) is 12.6 Å². The van der Waals surface area contributed by atoms with Gasteiger partial charge in [0.05, 0.1) is 31.0 Å². The number of ether oxygens (including phenoxy) is 3. The topological polar surface area (TPSA) is 86.1 Å². The SMILES string of the molecule is CCCC(C)N(C)Cc1ccc(OC2CN(Cc3c(OC)cc(-c4cn(CS)c(=O)c5cnc(C6CC6)cc45)cc3OC)C2)cc1C=O. The molecule has 1 atom stereocenters. The van der Waals surface area contributed by atoms with Crippen molar-refractivity contribution in [2.75, 3.05) is 34.4 Å². The first-order valence-electron chi connectivity index (χ1n) is 16.8. The van der Waals surface area contributed by atoms with Crippen LogP contribution in [-0.4, -0.2) is 72.1 Å². The van der Waals surface area contributed by atoms with Gasteiger partial charge in [-0.05, 0) is 80.1 Å². The van der Waals surface area contributed by atoms with Crippen molar-refractivity contribution in [3.8, 4) is 28.4 Å². The van der Waals surface area contributed by atoms with E-state index >= 15 is 0 Å². The molecule has 4 aromatic rings. The second-order valence-corrected chi connectivity index (χ2v) is 13.5. The molecule has 6 rings (SSSR count). The summed E-state index contributed by atoms with van der Waals surface area (Å²) < 4.78 is 19.7. The summed E-state index contributed by atoms with van der Waals surface area (Å²) in [5.74, 6) is 2.86. The van der Waals surface area contributed by atoms with Crippen molar-refractivity contribution in [1.82, 2.24) is 19.4 Å². The Morgan fingerprint density at radius 2 is 1.81 bits per heavy atom. The second kappa shape index (κ2) is 14.7. The van der Waals surface area contributed by atoms with Gasteiger partial charge in [0.25, 0.3) is 5.56 Å². The number of benzene rings is 2. The molecule has 1 saturated carbocycles. The quantitative estimate of drug-likeness (QED) is 0.113. The van der Waals surface area contributed by atoms with E-state index in [4.69, 9.17) is 14.2 Å². The molecule has 9 nitrogen and oxygen atoms in total. The van der Waals surface area contributed by atoms with Crippen LogP contribution in [0.15, 0.2) is 53.6 Å². The Kier molecular flexibility index (Phi) is 10.4. The molecule has 2 aromatic carbocycles. The third kappa shape index (κ3) is 7.11. The number of rotatable bonds is 15. The first-order valence-corrected chi connectivity index (χ1v) is 17.5. The number of hydrogen-bond acceptors (Lipinski definition) is 9. The predicted molar refractivity (Wildman–Crippen MR) is 193 cm³/mol. The summed E-state index contributed by atoms with van der Waals surface area (Å²) in [5.41, 5.74) is 5.36. The second-order valence-electron chi connectivity index (χ2n) is 13.2. The smallest absolute Gasteiger partial charge is 0.260 e. The van der Waals surface area contributed by atoms with Crippen molar-refractivity contribution < 1.29 is 19.0 Å². The summed E-state index contributed by atoms with van der Waals surface area (Å²) in [7, 11) is 5.44. The van der Waals surface area contributed by atoms with Crippen molar-refractivity contribution in [3.05, 3.63) is 81.5 Å². The van der Waals surface area contributed by atoms with Crippen molar-refractivity contribution in [3.63, 3.8) is 0 Å². The Morgan fingerprint density at radius 3 is 2.44 bits per heavy atom. The maximum Gasteiger partial charge on any atom is 0.260 e. The first-order chi connectivity index (χ1) is 23.3. The predicted octanol–water partition coefficient (Wildman–Crippen LogP) is 6.54. The van der Waals surface area contributed by atoms with Gasteiger partial charge in [-0.25, -0.2) is 0 Å². The van der Waals surface area contributed by atoms with E-state index in [-0.39, 0.29) is 17.5 Å². The highest BCUT2D eigenvalue weighted by molar-refractivity contribution is 7.79. The Labute approximate surface area is 288 Å². The van der Waals surface area contributed by atoms with Crippen LogP contribution in [0.3, 0.4) is 0 Å².